The lowest BCUT2D eigenvalue weighted by Crippen LogP contribution is -2.38. The highest BCUT2D eigenvalue weighted by molar-refractivity contribution is 5.93. The van der Waals surface area contributed by atoms with Crippen molar-refractivity contribution in [1.29, 1.82) is 0 Å². The number of piperidine rings is 1. The van der Waals surface area contributed by atoms with Crippen LogP contribution in [0.15, 0.2) is 0 Å². The van der Waals surface area contributed by atoms with Crippen molar-refractivity contribution in [1.82, 2.24) is 25.2 Å². The molecule has 1 aliphatic heterocycles. The van der Waals surface area contributed by atoms with Crippen LogP contribution in [-0.2, 0) is 0 Å². The number of hydrogen-bond donors (Lipinski definition) is 1. The van der Waals surface area contributed by atoms with E-state index in [1.807, 2.05) is 11.6 Å². The molecule has 1 amide bonds. The monoisotopic (exact) mass is 345 g/mol. The van der Waals surface area contributed by atoms with Crippen LogP contribution >= 0.6 is 0 Å². The van der Waals surface area contributed by atoms with Crippen LogP contribution in [0.4, 0.5) is 0 Å². The summed E-state index contributed by atoms with van der Waals surface area (Å²) in [7, 11) is 0. The van der Waals surface area contributed by atoms with E-state index >= 15 is 0 Å². The zero-order valence-electron chi connectivity index (χ0n) is 15.4. The molecule has 2 aliphatic carbocycles. The summed E-state index contributed by atoms with van der Waals surface area (Å²) in [5.74, 6) is 0.795. The molecule has 2 heterocycles. The molecular weight excluding hydrogens is 314 g/mol. The number of nitrogens with zero attached hydrogens (tertiary/aromatic N) is 4. The quantitative estimate of drug-likeness (QED) is 0.891. The molecule has 0 radical (unpaired) electrons. The summed E-state index contributed by atoms with van der Waals surface area (Å²) in [6.07, 6.45) is 11.0. The van der Waals surface area contributed by atoms with Gasteiger partial charge >= 0.3 is 0 Å². The molecule has 1 aromatic heterocycles. The second kappa shape index (κ2) is 7.44. The van der Waals surface area contributed by atoms with Gasteiger partial charge in [0, 0.05) is 12.6 Å². The molecule has 2 saturated carbocycles. The third-order valence-electron chi connectivity index (χ3n) is 6.21. The zero-order chi connectivity index (χ0) is 17.2. The van der Waals surface area contributed by atoms with Gasteiger partial charge in [0.05, 0.1) is 11.7 Å². The molecule has 3 aliphatic rings. The van der Waals surface area contributed by atoms with Gasteiger partial charge in [-0.2, -0.15) is 0 Å². The van der Waals surface area contributed by atoms with Crippen LogP contribution in [0.2, 0.25) is 0 Å². The van der Waals surface area contributed by atoms with Crippen LogP contribution in [0.1, 0.15) is 80.0 Å². The van der Waals surface area contributed by atoms with E-state index < -0.39 is 0 Å². The van der Waals surface area contributed by atoms with Crippen LogP contribution in [0.5, 0.6) is 0 Å². The Morgan fingerprint density at radius 1 is 1.12 bits per heavy atom. The second-order valence-corrected chi connectivity index (χ2v) is 8.14. The maximum absolute atomic E-state index is 13.2. The third-order valence-corrected chi connectivity index (χ3v) is 6.21. The van der Waals surface area contributed by atoms with Crippen molar-refractivity contribution in [2.45, 2.75) is 76.8 Å². The lowest BCUT2D eigenvalue weighted by atomic mass is 9.89. The Kier molecular flexibility index (Phi) is 5.06. The van der Waals surface area contributed by atoms with Crippen molar-refractivity contribution in [3.05, 3.63) is 11.4 Å². The first-order valence-corrected chi connectivity index (χ1v) is 10.2. The first-order chi connectivity index (χ1) is 12.2. The fraction of sp³-hybridized carbons (Fsp3) is 0.842. The molecule has 138 valence electrons. The van der Waals surface area contributed by atoms with Crippen molar-refractivity contribution in [3.8, 4) is 0 Å². The minimum Gasteiger partial charge on any atom is -0.334 e. The highest BCUT2D eigenvalue weighted by atomic mass is 16.2. The highest BCUT2D eigenvalue weighted by Gasteiger charge is 2.37. The number of rotatable bonds is 5. The Hall–Kier alpha value is -1.43. The number of carbonyl (C=O) groups is 1. The van der Waals surface area contributed by atoms with Gasteiger partial charge in [-0.15, -0.1) is 5.10 Å². The third kappa shape index (κ3) is 3.73. The lowest BCUT2D eigenvalue weighted by molar-refractivity contribution is 0.0692. The Bertz CT molecular complexity index is 597. The summed E-state index contributed by atoms with van der Waals surface area (Å²) in [5.41, 5.74) is 1.53. The van der Waals surface area contributed by atoms with E-state index in [1.54, 1.807) is 0 Å². The van der Waals surface area contributed by atoms with Gasteiger partial charge in [-0.05, 0) is 64.5 Å². The van der Waals surface area contributed by atoms with Gasteiger partial charge < -0.3 is 10.2 Å². The molecule has 4 rings (SSSR count). The van der Waals surface area contributed by atoms with E-state index in [-0.39, 0.29) is 5.91 Å². The first kappa shape index (κ1) is 17.0. The fourth-order valence-electron chi connectivity index (χ4n) is 4.50. The predicted octanol–water partition coefficient (Wildman–Crippen LogP) is 2.70. The van der Waals surface area contributed by atoms with Crippen molar-refractivity contribution in [2.75, 3.05) is 19.6 Å². The molecule has 6 nitrogen and oxygen atoms in total. The van der Waals surface area contributed by atoms with E-state index in [1.165, 1.54) is 32.1 Å². The van der Waals surface area contributed by atoms with Gasteiger partial charge in [0.2, 0.25) is 0 Å². The molecule has 1 N–H and O–H groups in total. The summed E-state index contributed by atoms with van der Waals surface area (Å²) in [5, 5.41) is 12.1. The summed E-state index contributed by atoms with van der Waals surface area (Å²) in [6.45, 7) is 4.97. The molecule has 0 spiro atoms. The van der Waals surface area contributed by atoms with Crippen molar-refractivity contribution < 1.29 is 4.79 Å². The van der Waals surface area contributed by atoms with E-state index in [4.69, 9.17) is 0 Å². The first-order valence-electron chi connectivity index (χ1n) is 10.2. The SMILES string of the molecule is Cc1c(C(=O)N(CC2CCCCC2)C2CC2)nnn1C1CCNCC1. The van der Waals surface area contributed by atoms with E-state index in [2.05, 4.69) is 20.5 Å². The van der Waals surface area contributed by atoms with E-state index in [0.717, 1.165) is 51.0 Å². The second-order valence-electron chi connectivity index (χ2n) is 8.14. The van der Waals surface area contributed by atoms with Gasteiger partial charge in [-0.25, -0.2) is 4.68 Å². The number of aromatic nitrogens is 3. The average Bonchev–Trinajstić information content (AvgIpc) is 3.42. The van der Waals surface area contributed by atoms with Crippen molar-refractivity contribution in [2.24, 2.45) is 5.92 Å². The summed E-state index contributed by atoms with van der Waals surface area (Å²) >= 11 is 0. The molecule has 0 aromatic carbocycles. The average molecular weight is 345 g/mol. The van der Waals surface area contributed by atoms with Crippen LogP contribution in [-0.4, -0.2) is 51.5 Å². The minimum absolute atomic E-state index is 0.116. The molecular formula is C19H31N5O. The van der Waals surface area contributed by atoms with Crippen LogP contribution in [0.25, 0.3) is 0 Å². The minimum atomic E-state index is 0.116. The van der Waals surface area contributed by atoms with Gasteiger partial charge in [0.25, 0.3) is 5.91 Å². The number of nitrogens with one attached hydrogen (secondary N) is 1. The van der Waals surface area contributed by atoms with Crippen LogP contribution in [0.3, 0.4) is 0 Å². The van der Waals surface area contributed by atoms with E-state index in [0.29, 0.717) is 23.7 Å². The number of carbonyl (C=O) groups excluding carboxylic acids is 1. The molecule has 0 atom stereocenters. The smallest absolute Gasteiger partial charge is 0.276 e. The van der Waals surface area contributed by atoms with E-state index in [9.17, 15) is 4.79 Å². The Labute approximate surface area is 150 Å². The maximum atomic E-state index is 13.2. The summed E-state index contributed by atoms with van der Waals surface area (Å²) < 4.78 is 2.00. The summed E-state index contributed by atoms with van der Waals surface area (Å²) in [6, 6.07) is 0.820. The number of hydrogen-bond acceptors (Lipinski definition) is 4. The van der Waals surface area contributed by atoms with Crippen molar-refractivity contribution in [3.63, 3.8) is 0 Å². The molecule has 25 heavy (non-hydrogen) atoms. The van der Waals surface area contributed by atoms with Gasteiger partial charge in [0.1, 0.15) is 0 Å². The predicted molar refractivity (Wildman–Crippen MR) is 96.5 cm³/mol. The van der Waals surface area contributed by atoms with Crippen LogP contribution < -0.4 is 5.32 Å². The topological polar surface area (TPSA) is 63.1 Å². The molecule has 1 saturated heterocycles. The standard InChI is InChI=1S/C19H31N5O/c1-14-18(21-22-24(14)17-9-11-20-12-10-17)19(25)23(16-7-8-16)13-15-5-3-2-4-6-15/h15-17,20H,2-13H2,1H3. The Morgan fingerprint density at radius 3 is 2.52 bits per heavy atom. The zero-order valence-corrected chi connectivity index (χ0v) is 15.4. The van der Waals surface area contributed by atoms with Gasteiger partial charge in [0.15, 0.2) is 5.69 Å². The molecule has 1 aromatic rings. The summed E-state index contributed by atoms with van der Waals surface area (Å²) in [4.78, 5) is 15.3. The molecule has 6 heteroatoms. The molecule has 3 fully saturated rings. The normalized spacial score (nSPS) is 22.9. The Balaban J connectivity index is 1.49. The fourth-order valence-corrected chi connectivity index (χ4v) is 4.50. The Morgan fingerprint density at radius 2 is 1.84 bits per heavy atom. The van der Waals surface area contributed by atoms with Crippen LogP contribution in [0, 0.1) is 12.8 Å². The number of amides is 1. The highest BCUT2D eigenvalue weighted by Crippen LogP contribution is 2.33. The molecule has 0 bridgehead atoms. The molecule has 0 unspecified atom stereocenters. The lowest BCUT2D eigenvalue weighted by Gasteiger charge is -2.29. The van der Waals surface area contributed by atoms with Crippen molar-refractivity contribution >= 4 is 5.91 Å². The maximum Gasteiger partial charge on any atom is 0.276 e. The van der Waals surface area contributed by atoms with Gasteiger partial charge in [-0.3, -0.25) is 4.79 Å². The largest absolute Gasteiger partial charge is 0.334 e. The van der Waals surface area contributed by atoms with Gasteiger partial charge in [-0.1, -0.05) is 24.5 Å².